The Morgan fingerprint density at radius 3 is 2.94 bits per heavy atom. The summed E-state index contributed by atoms with van der Waals surface area (Å²) in [6.45, 7) is 2.17. The van der Waals surface area contributed by atoms with E-state index in [1.165, 1.54) is 11.1 Å². The van der Waals surface area contributed by atoms with Gasteiger partial charge in [-0.3, -0.25) is 0 Å². The fraction of sp³-hybridized carbons (Fsp3) is 0.308. The molecule has 1 heterocycles. The summed E-state index contributed by atoms with van der Waals surface area (Å²) < 4.78 is 0. The first-order chi connectivity index (χ1) is 7.85. The third kappa shape index (κ3) is 2.14. The van der Waals surface area contributed by atoms with Gasteiger partial charge in [-0.1, -0.05) is 31.2 Å². The first-order valence-corrected chi connectivity index (χ1v) is 5.60. The molecule has 2 aromatic rings. The largest absolute Gasteiger partial charge is 0.347 e. The lowest BCUT2D eigenvalue weighted by atomic mass is 10.0. The van der Waals surface area contributed by atoms with Crippen molar-refractivity contribution < 1.29 is 0 Å². The van der Waals surface area contributed by atoms with Crippen molar-refractivity contribution in [2.45, 2.75) is 19.4 Å². The summed E-state index contributed by atoms with van der Waals surface area (Å²) in [5.41, 5.74) is 2.60. The molecule has 0 radical (unpaired) electrons. The van der Waals surface area contributed by atoms with E-state index in [1.54, 1.807) is 6.20 Å². The molecule has 0 amide bonds. The van der Waals surface area contributed by atoms with Crippen LogP contribution in [0.2, 0.25) is 0 Å². The second kappa shape index (κ2) is 4.94. The maximum absolute atomic E-state index is 4.30. The number of H-pyrrole nitrogens is 1. The van der Waals surface area contributed by atoms with Gasteiger partial charge in [-0.2, -0.15) is 0 Å². The molecule has 2 N–H and O–H groups in total. The fourth-order valence-electron chi connectivity index (χ4n) is 1.89. The Balaban J connectivity index is 2.33. The minimum absolute atomic E-state index is 0.140. The van der Waals surface area contributed by atoms with Crippen molar-refractivity contribution >= 4 is 0 Å². The molecule has 0 aliphatic heterocycles. The topological polar surface area (TPSA) is 40.7 Å². The Morgan fingerprint density at radius 2 is 2.31 bits per heavy atom. The summed E-state index contributed by atoms with van der Waals surface area (Å²) in [7, 11) is 1.95. The zero-order valence-electron chi connectivity index (χ0n) is 9.70. The molecular formula is C13H17N3. The summed E-state index contributed by atoms with van der Waals surface area (Å²) in [5, 5.41) is 3.28. The smallest absolute Gasteiger partial charge is 0.127 e. The van der Waals surface area contributed by atoms with E-state index in [-0.39, 0.29) is 6.04 Å². The summed E-state index contributed by atoms with van der Waals surface area (Å²) in [4.78, 5) is 7.45. The molecule has 0 aliphatic rings. The average Bonchev–Trinajstić information content (AvgIpc) is 2.84. The van der Waals surface area contributed by atoms with Gasteiger partial charge in [0.2, 0.25) is 0 Å². The first kappa shape index (κ1) is 10.9. The van der Waals surface area contributed by atoms with Crippen molar-refractivity contribution in [3.05, 3.63) is 53.6 Å². The number of imidazole rings is 1. The highest BCUT2D eigenvalue weighted by Crippen LogP contribution is 2.19. The second-order valence-corrected chi connectivity index (χ2v) is 3.79. The third-order valence-electron chi connectivity index (χ3n) is 2.77. The van der Waals surface area contributed by atoms with E-state index in [2.05, 4.69) is 46.5 Å². The van der Waals surface area contributed by atoms with Crippen molar-refractivity contribution in [3.8, 4) is 0 Å². The number of benzene rings is 1. The van der Waals surface area contributed by atoms with Crippen LogP contribution in [0.1, 0.15) is 29.9 Å². The molecule has 1 aromatic heterocycles. The lowest BCUT2D eigenvalue weighted by Gasteiger charge is -2.14. The molecule has 3 nitrogen and oxygen atoms in total. The van der Waals surface area contributed by atoms with Crippen LogP contribution in [-0.2, 0) is 6.42 Å². The van der Waals surface area contributed by atoms with Crippen LogP contribution in [0.4, 0.5) is 0 Å². The minimum Gasteiger partial charge on any atom is -0.347 e. The molecule has 1 unspecified atom stereocenters. The van der Waals surface area contributed by atoms with Crippen molar-refractivity contribution in [2.75, 3.05) is 7.05 Å². The maximum Gasteiger partial charge on any atom is 0.127 e. The normalized spacial score (nSPS) is 12.6. The van der Waals surface area contributed by atoms with E-state index in [1.807, 2.05) is 13.2 Å². The number of nitrogens with one attached hydrogen (secondary N) is 2. The monoisotopic (exact) mass is 215 g/mol. The van der Waals surface area contributed by atoms with Crippen LogP contribution in [0.5, 0.6) is 0 Å². The molecule has 0 saturated carbocycles. The minimum atomic E-state index is 0.140. The zero-order chi connectivity index (χ0) is 11.4. The van der Waals surface area contributed by atoms with Crippen molar-refractivity contribution in [1.29, 1.82) is 0 Å². The van der Waals surface area contributed by atoms with Gasteiger partial charge in [0, 0.05) is 12.4 Å². The number of hydrogen-bond donors (Lipinski definition) is 2. The molecule has 2 rings (SSSR count). The Bertz CT molecular complexity index is 434. The number of aryl methyl sites for hydroxylation is 1. The summed E-state index contributed by atoms with van der Waals surface area (Å²) in [5.74, 6) is 0.954. The highest BCUT2D eigenvalue weighted by Gasteiger charge is 2.13. The fourth-order valence-corrected chi connectivity index (χ4v) is 1.89. The van der Waals surface area contributed by atoms with Crippen molar-refractivity contribution in [1.82, 2.24) is 15.3 Å². The zero-order valence-corrected chi connectivity index (χ0v) is 9.70. The molecule has 3 heteroatoms. The highest BCUT2D eigenvalue weighted by atomic mass is 15.0. The van der Waals surface area contributed by atoms with Crippen LogP contribution in [0, 0.1) is 0 Å². The molecule has 0 fully saturated rings. The third-order valence-corrected chi connectivity index (χ3v) is 2.77. The van der Waals surface area contributed by atoms with Crippen LogP contribution in [0.25, 0.3) is 0 Å². The van der Waals surface area contributed by atoms with E-state index in [4.69, 9.17) is 0 Å². The Kier molecular flexibility index (Phi) is 3.37. The Hall–Kier alpha value is -1.61. The van der Waals surface area contributed by atoms with Gasteiger partial charge < -0.3 is 10.3 Å². The van der Waals surface area contributed by atoms with Crippen LogP contribution >= 0.6 is 0 Å². The van der Waals surface area contributed by atoms with Gasteiger partial charge in [0.25, 0.3) is 0 Å². The van der Waals surface area contributed by atoms with Gasteiger partial charge in [0.1, 0.15) is 5.82 Å². The molecule has 1 aromatic carbocycles. The van der Waals surface area contributed by atoms with E-state index in [9.17, 15) is 0 Å². The van der Waals surface area contributed by atoms with Crippen LogP contribution < -0.4 is 5.32 Å². The predicted molar refractivity (Wildman–Crippen MR) is 65.3 cm³/mol. The predicted octanol–water partition coefficient (Wildman–Crippen LogP) is 2.28. The molecule has 84 valence electrons. The van der Waals surface area contributed by atoms with Gasteiger partial charge >= 0.3 is 0 Å². The number of aromatic amines is 1. The number of aromatic nitrogens is 2. The van der Waals surface area contributed by atoms with E-state index < -0.39 is 0 Å². The summed E-state index contributed by atoms with van der Waals surface area (Å²) >= 11 is 0. The quantitative estimate of drug-likeness (QED) is 0.821. The van der Waals surface area contributed by atoms with Crippen LogP contribution in [0.15, 0.2) is 36.7 Å². The highest BCUT2D eigenvalue weighted by molar-refractivity contribution is 5.29. The average molecular weight is 215 g/mol. The van der Waals surface area contributed by atoms with E-state index in [0.717, 1.165) is 12.2 Å². The van der Waals surface area contributed by atoms with Crippen LogP contribution in [0.3, 0.4) is 0 Å². The van der Waals surface area contributed by atoms with Crippen molar-refractivity contribution in [3.63, 3.8) is 0 Å². The van der Waals surface area contributed by atoms with Gasteiger partial charge in [0.15, 0.2) is 0 Å². The second-order valence-electron chi connectivity index (χ2n) is 3.79. The summed E-state index contributed by atoms with van der Waals surface area (Å²) in [6.07, 6.45) is 4.69. The SMILES string of the molecule is CCc1cccc(C(NC)c2ncc[nH]2)c1. The van der Waals surface area contributed by atoms with Gasteiger partial charge in [-0.15, -0.1) is 0 Å². The molecule has 0 saturated heterocycles. The number of rotatable bonds is 4. The molecule has 16 heavy (non-hydrogen) atoms. The number of hydrogen-bond acceptors (Lipinski definition) is 2. The van der Waals surface area contributed by atoms with Gasteiger partial charge in [-0.05, 0) is 24.6 Å². The van der Waals surface area contributed by atoms with Crippen LogP contribution in [-0.4, -0.2) is 17.0 Å². The lowest BCUT2D eigenvalue weighted by Crippen LogP contribution is -2.19. The maximum atomic E-state index is 4.30. The molecule has 0 spiro atoms. The summed E-state index contributed by atoms with van der Waals surface area (Å²) in [6, 6.07) is 8.74. The number of nitrogens with zero attached hydrogens (tertiary/aromatic N) is 1. The van der Waals surface area contributed by atoms with Gasteiger partial charge in [0.05, 0.1) is 6.04 Å². The Labute approximate surface area is 95.9 Å². The molecule has 0 bridgehead atoms. The molecular weight excluding hydrogens is 198 g/mol. The standard InChI is InChI=1S/C13H17N3/c1-3-10-5-4-6-11(9-10)12(14-2)13-15-7-8-16-13/h4-9,12,14H,3H2,1-2H3,(H,15,16). The van der Waals surface area contributed by atoms with E-state index >= 15 is 0 Å². The van der Waals surface area contributed by atoms with Gasteiger partial charge in [-0.25, -0.2) is 4.98 Å². The molecule has 0 aliphatic carbocycles. The Morgan fingerprint density at radius 1 is 1.44 bits per heavy atom. The van der Waals surface area contributed by atoms with Crippen molar-refractivity contribution in [2.24, 2.45) is 0 Å². The molecule has 1 atom stereocenters. The lowest BCUT2D eigenvalue weighted by molar-refractivity contribution is 0.654. The first-order valence-electron chi connectivity index (χ1n) is 5.60. The van der Waals surface area contributed by atoms with E-state index in [0.29, 0.717) is 0 Å².